The minimum absolute atomic E-state index is 0.0538. The van der Waals surface area contributed by atoms with E-state index in [0.29, 0.717) is 17.7 Å². The van der Waals surface area contributed by atoms with E-state index in [1.807, 2.05) is 75.4 Å². The van der Waals surface area contributed by atoms with Gasteiger partial charge >= 0.3 is 0 Å². The van der Waals surface area contributed by atoms with Gasteiger partial charge in [0.15, 0.2) is 0 Å². The van der Waals surface area contributed by atoms with Crippen LogP contribution >= 0.6 is 11.8 Å². The van der Waals surface area contributed by atoms with E-state index in [4.69, 9.17) is 0 Å². The van der Waals surface area contributed by atoms with Gasteiger partial charge in [0.1, 0.15) is 0 Å². The number of amides is 2. The molecule has 3 aromatic carbocycles. The minimum atomic E-state index is -0.119. The van der Waals surface area contributed by atoms with Crippen LogP contribution in [0.15, 0.2) is 76.5 Å². The molecule has 1 N–H and O–H groups in total. The van der Waals surface area contributed by atoms with Crippen molar-refractivity contribution in [1.82, 2.24) is 5.32 Å². The van der Waals surface area contributed by atoms with Crippen LogP contribution in [0.1, 0.15) is 52.1 Å². The monoisotopic (exact) mass is 430 g/mol. The maximum absolute atomic E-state index is 13.6. The standard InChI is InChI=1S/C26H26N2O2S/c1-4-18(3)27-25(29)20-13-14-24-22(15-20)28(16-19-11-9-17(2)10-12-19)26(30)21-7-5-6-8-23(21)31-24/h5-15,18H,4,16H2,1-3H3,(H,27,29). The first-order valence-electron chi connectivity index (χ1n) is 10.6. The Hall–Kier alpha value is -3.05. The van der Waals surface area contributed by atoms with Crippen LogP contribution in [0.3, 0.4) is 0 Å². The quantitative estimate of drug-likeness (QED) is 0.554. The van der Waals surface area contributed by atoms with E-state index < -0.39 is 0 Å². The van der Waals surface area contributed by atoms with Crippen LogP contribution < -0.4 is 10.2 Å². The Morgan fingerprint density at radius 3 is 2.52 bits per heavy atom. The normalized spacial score (nSPS) is 13.8. The van der Waals surface area contributed by atoms with E-state index in [-0.39, 0.29) is 17.9 Å². The van der Waals surface area contributed by atoms with Crippen LogP contribution in [-0.2, 0) is 6.54 Å². The fourth-order valence-electron chi connectivity index (χ4n) is 3.50. The molecule has 5 heteroatoms. The maximum atomic E-state index is 13.6. The Morgan fingerprint density at radius 2 is 1.77 bits per heavy atom. The topological polar surface area (TPSA) is 49.4 Å². The minimum Gasteiger partial charge on any atom is -0.350 e. The van der Waals surface area contributed by atoms with Gasteiger partial charge in [0.25, 0.3) is 11.8 Å². The number of rotatable bonds is 5. The molecule has 0 aromatic heterocycles. The van der Waals surface area contributed by atoms with Crippen molar-refractivity contribution in [3.05, 3.63) is 89.0 Å². The van der Waals surface area contributed by atoms with Gasteiger partial charge in [0, 0.05) is 21.4 Å². The van der Waals surface area contributed by atoms with E-state index in [9.17, 15) is 9.59 Å². The summed E-state index contributed by atoms with van der Waals surface area (Å²) < 4.78 is 0. The van der Waals surface area contributed by atoms with E-state index in [2.05, 4.69) is 17.4 Å². The summed E-state index contributed by atoms with van der Waals surface area (Å²) in [4.78, 5) is 30.0. The second-order valence-corrected chi connectivity index (χ2v) is 9.02. The first-order valence-corrected chi connectivity index (χ1v) is 11.4. The summed E-state index contributed by atoms with van der Waals surface area (Å²) in [6, 6.07) is 21.6. The van der Waals surface area contributed by atoms with Gasteiger partial charge in [-0.25, -0.2) is 0 Å². The van der Waals surface area contributed by atoms with Crippen molar-refractivity contribution in [2.75, 3.05) is 4.90 Å². The van der Waals surface area contributed by atoms with E-state index in [1.165, 1.54) is 5.56 Å². The molecule has 0 radical (unpaired) electrons. The number of anilines is 1. The molecule has 1 aliphatic heterocycles. The van der Waals surface area contributed by atoms with Crippen LogP contribution in [0.5, 0.6) is 0 Å². The van der Waals surface area contributed by atoms with Crippen LogP contribution in [0, 0.1) is 6.92 Å². The third-order valence-corrected chi connectivity index (χ3v) is 6.69. The van der Waals surface area contributed by atoms with Gasteiger partial charge in [-0.15, -0.1) is 0 Å². The fourth-order valence-corrected chi connectivity index (χ4v) is 4.56. The number of aryl methyl sites for hydroxylation is 1. The summed E-state index contributed by atoms with van der Waals surface area (Å²) in [7, 11) is 0. The van der Waals surface area contributed by atoms with Gasteiger partial charge in [-0.3, -0.25) is 9.59 Å². The SMILES string of the molecule is CCC(C)NC(=O)c1ccc2c(c1)N(Cc1ccc(C)cc1)C(=O)c1ccccc1S2. The maximum Gasteiger partial charge on any atom is 0.259 e. The Labute approximate surface area is 187 Å². The summed E-state index contributed by atoms with van der Waals surface area (Å²) in [6.07, 6.45) is 0.861. The lowest BCUT2D eigenvalue weighted by Crippen LogP contribution is -2.33. The zero-order valence-electron chi connectivity index (χ0n) is 18.0. The smallest absolute Gasteiger partial charge is 0.259 e. The number of fused-ring (bicyclic) bond motifs is 2. The summed E-state index contributed by atoms with van der Waals surface area (Å²) in [5.74, 6) is -0.173. The number of hydrogen-bond donors (Lipinski definition) is 1. The third kappa shape index (κ3) is 4.52. The molecule has 0 saturated carbocycles. The second-order valence-electron chi connectivity index (χ2n) is 7.94. The Bertz CT molecular complexity index is 1120. The summed E-state index contributed by atoms with van der Waals surface area (Å²) in [5.41, 5.74) is 4.23. The Kier molecular flexibility index (Phi) is 6.14. The van der Waals surface area contributed by atoms with Gasteiger partial charge in [-0.05, 0) is 56.2 Å². The highest BCUT2D eigenvalue weighted by Crippen LogP contribution is 2.42. The average Bonchev–Trinajstić information content (AvgIpc) is 2.89. The zero-order valence-corrected chi connectivity index (χ0v) is 18.8. The van der Waals surface area contributed by atoms with Crippen molar-refractivity contribution < 1.29 is 9.59 Å². The van der Waals surface area contributed by atoms with Crippen LogP contribution in [-0.4, -0.2) is 17.9 Å². The number of benzene rings is 3. The molecule has 0 spiro atoms. The highest BCUT2D eigenvalue weighted by molar-refractivity contribution is 7.99. The van der Waals surface area contributed by atoms with Crippen molar-refractivity contribution in [1.29, 1.82) is 0 Å². The van der Waals surface area contributed by atoms with Crippen LogP contribution in [0.2, 0.25) is 0 Å². The highest BCUT2D eigenvalue weighted by atomic mass is 32.2. The summed E-state index contributed by atoms with van der Waals surface area (Å²) in [5, 5.41) is 3.02. The lowest BCUT2D eigenvalue weighted by atomic mass is 10.1. The number of hydrogen-bond acceptors (Lipinski definition) is 3. The summed E-state index contributed by atoms with van der Waals surface area (Å²) >= 11 is 1.57. The molecular formula is C26H26N2O2S. The number of nitrogens with zero attached hydrogens (tertiary/aromatic N) is 1. The third-order valence-electron chi connectivity index (χ3n) is 5.55. The largest absolute Gasteiger partial charge is 0.350 e. The molecule has 1 unspecified atom stereocenters. The molecule has 31 heavy (non-hydrogen) atoms. The van der Waals surface area contributed by atoms with Gasteiger partial charge in [-0.1, -0.05) is 60.6 Å². The predicted molar refractivity (Wildman–Crippen MR) is 126 cm³/mol. The summed E-state index contributed by atoms with van der Waals surface area (Å²) in [6.45, 7) is 6.52. The van der Waals surface area contributed by atoms with Crippen molar-refractivity contribution >= 4 is 29.3 Å². The molecular weight excluding hydrogens is 404 g/mol. The first-order chi connectivity index (χ1) is 15.0. The van der Waals surface area contributed by atoms with Crippen LogP contribution in [0.4, 0.5) is 5.69 Å². The van der Waals surface area contributed by atoms with Crippen molar-refractivity contribution in [2.45, 2.75) is 49.6 Å². The average molecular weight is 431 g/mol. The first kappa shape index (κ1) is 21.2. The lowest BCUT2D eigenvalue weighted by Gasteiger charge is -2.24. The number of carbonyl (C=O) groups excluding carboxylic acids is 2. The van der Waals surface area contributed by atoms with Crippen molar-refractivity contribution in [2.24, 2.45) is 0 Å². The van der Waals surface area contributed by atoms with E-state index >= 15 is 0 Å². The molecule has 0 bridgehead atoms. The molecule has 1 aliphatic rings. The predicted octanol–water partition coefficient (Wildman–Crippen LogP) is 5.83. The van der Waals surface area contributed by atoms with Gasteiger partial charge in [-0.2, -0.15) is 0 Å². The van der Waals surface area contributed by atoms with Gasteiger partial charge in [0.05, 0.1) is 17.8 Å². The molecule has 2 amide bonds. The van der Waals surface area contributed by atoms with Crippen LogP contribution in [0.25, 0.3) is 0 Å². The lowest BCUT2D eigenvalue weighted by molar-refractivity contribution is 0.0936. The molecule has 3 aromatic rings. The van der Waals surface area contributed by atoms with Gasteiger partial charge < -0.3 is 10.2 Å². The molecule has 1 atom stereocenters. The molecule has 0 fully saturated rings. The zero-order chi connectivity index (χ0) is 22.0. The number of nitrogens with one attached hydrogen (secondary N) is 1. The van der Waals surface area contributed by atoms with E-state index in [1.54, 1.807) is 16.7 Å². The molecule has 4 rings (SSSR count). The molecule has 0 aliphatic carbocycles. The Morgan fingerprint density at radius 1 is 1.03 bits per heavy atom. The molecule has 4 nitrogen and oxygen atoms in total. The molecule has 158 valence electrons. The van der Waals surface area contributed by atoms with E-state index in [0.717, 1.165) is 27.5 Å². The Balaban J connectivity index is 1.78. The number of carbonyl (C=O) groups is 2. The van der Waals surface area contributed by atoms with Crippen molar-refractivity contribution in [3.63, 3.8) is 0 Å². The molecule has 1 heterocycles. The van der Waals surface area contributed by atoms with Gasteiger partial charge in [0.2, 0.25) is 0 Å². The highest BCUT2D eigenvalue weighted by Gasteiger charge is 2.28. The van der Waals surface area contributed by atoms with Crippen molar-refractivity contribution in [3.8, 4) is 0 Å². The molecule has 0 saturated heterocycles. The fraction of sp³-hybridized carbons (Fsp3) is 0.231. The second kappa shape index (κ2) is 8.98.